The lowest BCUT2D eigenvalue weighted by Crippen LogP contribution is -3.11. The molecule has 0 atom stereocenters. The highest BCUT2D eigenvalue weighted by Gasteiger charge is 2.30. The van der Waals surface area contributed by atoms with E-state index in [0.29, 0.717) is 5.91 Å². The first-order valence-electron chi connectivity index (χ1n) is 9.87. The van der Waals surface area contributed by atoms with Gasteiger partial charge in [-0.15, -0.1) is 0 Å². The van der Waals surface area contributed by atoms with E-state index in [1.54, 1.807) is 4.90 Å². The molecular weight excluding hydrogens is 320 g/mol. The standard InChI is InChI=1S/C23H30N2O/c1-3-25(18-20-9-5-4-6-10-20)23(26)22-12-14-24(15-13-22)17-21-11-7-8-19(2)16-21/h4-11,16,22H,3,12-15,17-18H2,1-2H3/p+1. The van der Waals surface area contributed by atoms with Crippen molar-refractivity contribution in [3.63, 3.8) is 0 Å². The summed E-state index contributed by atoms with van der Waals surface area (Å²) in [4.78, 5) is 16.6. The second-order valence-electron chi connectivity index (χ2n) is 7.53. The monoisotopic (exact) mass is 351 g/mol. The van der Waals surface area contributed by atoms with Crippen LogP contribution >= 0.6 is 0 Å². The van der Waals surface area contributed by atoms with Crippen LogP contribution in [0.25, 0.3) is 0 Å². The zero-order chi connectivity index (χ0) is 18.4. The summed E-state index contributed by atoms with van der Waals surface area (Å²) in [7, 11) is 0. The molecular formula is C23H31N2O+. The van der Waals surface area contributed by atoms with Crippen LogP contribution in [0.5, 0.6) is 0 Å². The third-order valence-corrected chi connectivity index (χ3v) is 5.49. The number of quaternary nitrogens is 1. The number of aryl methyl sites for hydroxylation is 1. The van der Waals surface area contributed by atoms with Crippen LogP contribution in [0.3, 0.4) is 0 Å². The SMILES string of the molecule is CCN(Cc1ccccc1)C(=O)C1CC[NH+](Cc2cccc(C)c2)CC1. The maximum absolute atomic E-state index is 13.0. The zero-order valence-corrected chi connectivity index (χ0v) is 16.1. The van der Waals surface area contributed by atoms with Gasteiger partial charge in [0.15, 0.2) is 0 Å². The Morgan fingerprint density at radius 2 is 1.73 bits per heavy atom. The van der Waals surface area contributed by atoms with Gasteiger partial charge in [0.25, 0.3) is 0 Å². The van der Waals surface area contributed by atoms with Crippen molar-refractivity contribution in [1.29, 1.82) is 0 Å². The summed E-state index contributed by atoms with van der Waals surface area (Å²) in [5.74, 6) is 0.533. The number of carbonyl (C=O) groups is 1. The average Bonchev–Trinajstić information content (AvgIpc) is 2.67. The maximum Gasteiger partial charge on any atom is 0.226 e. The van der Waals surface area contributed by atoms with E-state index in [1.165, 1.54) is 16.7 Å². The Morgan fingerprint density at radius 3 is 2.38 bits per heavy atom. The van der Waals surface area contributed by atoms with Crippen molar-refractivity contribution in [2.45, 2.75) is 39.8 Å². The number of piperidine rings is 1. The molecule has 138 valence electrons. The Labute approximate surface area is 157 Å². The normalized spacial score (nSPS) is 19.9. The van der Waals surface area contributed by atoms with Crippen LogP contribution in [0.4, 0.5) is 0 Å². The summed E-state index contributed by atoms with van der Waals surface area (Å²) in [6.07, 6.45) is 2.01. The fourth-order valence-corrected chi connectivity index (χ4v) is 3.97. The van der Waals surface area contributed by atoms with E-state index in [9.17, 15) is 4.79 Å². The molecule has 0 spiro atoms. The quantitative estimate of drug-likeness (QED) is 0.850. The van der Waals surface area contributed by atoms with Crippen molar-refractivity contribution < 1.29 is 9.69 Å². The highest BCUT2D eigenvalue weighted by molar-refractivity contribution is 5.78. The van der Waals surface area contributed by atoms with Crippen LogP contribution in [0.15, 0.2) is 54.6 Å². The lowest BCUT2D eigenvalue weighted by molar-refractivity contribution is -0.919. The van der Waals surface area contributed by atoms with Gasteiger partial charge in [0.1, 0.15) is 6.54 Å². The topological polar surface area (TPSA) is 24.8 Å². The third-order valence-electron chi connectivity index (χ3n) is 5.49. The number of likely N-dealkylation sites (tertiary alicyclic amines) is 1. The molecule has 0 bridgehead atoms. The first kappa shape index (κ1) is 18.7. The summed E-state index contributed by atoms with van der Waals surface area (Å²) in [5, 5.41) is 0. The fourth-order valence-electron chi connectivity index (χ4n) is 3.97. The van der Waals surface area contributed by atoms with Gasteiger partial charge in [0.05, 0.1) is 13.1 Å². The molecule has 0 radical (unpaired) electrons. The number of hydrogen-bond donors (Lipinski definition) is 1. The van der Waals surface area contributed by atoms with Gasteiger partial charge < -0.3 is 9.80 Å². The van der Waals surface area contributed by atoms with E-state index in [2.05, 4.69) is 50.2 Å². The number of benzene rings is 2. The summed E-state index contributed by atoms with van der Waals surface area (Å²) >= 11 is 0. The third kappa shape index (κ3) is 4.95. The minimum Gasteiger partial charge on any atom is -0.338 e. The molecule has 1 fully saturated rings. The molecule has 0 aromatic heterocycles. The van der Waals surface area contributed by atoms with Crippen molar-refractivity contribution >= 4 is 5.91 Å². The van der Waals surface area contributed by atoms with E-state index >= 15 is 0 Å². The molecule has 0 saturated carbocycles. The van der Waals surface area contributed by atoms with Crippen molar-refractivity contribution in [2.24, 2.45) is 5.92 Å². The van der Waals surface area contributed by atoms with Crippen LogP contribution in [0, 0.1) is 12.8 Å². The van der Waals surface area contributed by atoms with Crippen molar-refractivity contribution in [1.82, 2.24) is 4.90 Å². The molecule has 3 nitrogen and oxygen atoms in total. The number of hydrogen-bond acceptors (Lipinski definition) is 1. The lowest BCUT2D eigenvalue weighted by Gasteiger charge is -2.32. The first-order valence-corrected chi connectivity index (χ1v) is 9.87. The molecule has 1 aliphatic rings. The number of nitrogens with one attached hydrogen (secondary N) is 1. The number of carbonyl (C=O) groups excluding carboxylic acids is 1. The fraction of sp³-hybridized carbons (Fsp3) is 0.435. The molecule has 3 rings (SSSR count). The minimum atomic E-state index is 0.194. The molecule has 1 heterocycles. The van der Waals surface area contributed by atoms with Crippen molar-refractivity contribution in [2.75, 3.05) is 19.6 Å². The smallest absolute Gasteiger partial charge is 0.226 e. The van der Waals surface area contributed by atoms with Gasteiger partial charge in [-0.1, -0.05) is 60.2 Å². The molecule has 0 aliphatic carbocycles. The van der Waals surface area contributed by atoms with Crippen LogP contribution in [-0.4, -0.2) is 30.4 Å². The van der Waals surface area contributed by atoms with E-state index in [1.807, 2.05) is 23.1 Å². The van der Waals surface area contributed by atoms with E-state index in [0.717, 1.165) is 45.6 Å². The molecule has 1 N–H and O–H groups in total. The van der Waals surface area contributed by atoms with Crippen molar-refractivity contribution in [3.05, 3.63) is 71.3 Å². The Morgan fingerprint density at radius 1 is 1.04 bits per heavy atom. The van der Waals surface area contributed by atoms with Crippen LogP contribution in [0.1, 0.15) is 36.5 Å². The predicted octanol–water partition coefficient (Wildman–Crippen LogP) is 2.84. The molecule has 1 aliphatic heterocycles. The summed E-state index contributed by atoms with van der Waals surface area (Å²) < 4.78 is 0. The highest BCUT2D eigenvalue weighted by atomic mass is 16.2. The Bertz CT molecular complexity index is 705. The summed E-state index contributed by atoms with van der Waals surface area (Å²) in [5.41, 5.74) is 3.95. The van der Waals surface area contributed by atoms with Crippen molar-refractivity contribution in [3.8, 4) is 0 Å². The summed E-state index contributed by atoms with van der Waals surface area (Å²) in [6.45, 7) is 9.00. The Balaban J connectivity index is 1.52. The van der Waals surface area contributed by atoms with Crippen LogP contribution < -0.4 is 4.90 Å². The minimum absolute atomic E-state index is 0.194. The van der Waals surface area contributed by atoms with Gasteiger partial charge in [-0.3, -0.25) is 4.79 Å². The van der Waals surface area contributed by atoms with E-state index in [4.69, 9.17) is 0 Å². The molecule has 2 aromatic carbocycles. The van der Waals surface area contributed by atoms with Crippen LogP contribution in [0.2, 0.25) is 0 Å². The highest BCUT2D eigenvalue weighted by Crippen LogP contribution is 2.16. The molecule has 0 unspecified atom stereocenters. The molecule has 1 saturated heterocycles. The number of nitrogens with zero attached hydrogens (tertiary/aromatic N) is 1. The Kier molecular flexibility index (Phi) is 6.45. The number of amides is 1. The van der Waals surface area contributed by atoms with E-state index < -0.39 is 0 Å². The lowest BCUT2D eigenvalue weighted by atomic mass is 9.94. The second kappa shape index (κ2) is 9.00. The van der Waals surface area contributed by atoms with Gasteiger partial charge in [-0.05, 0) is 19.4 Å². The number of rotatable bonds is 6. The maximum atomic E-state index is 13.0. The van der Waals surface area contributed by atoms with Gasteiger partial charge in [-0.25, -0.2) is 0 Å². The second-order valence-corrected chi connectivity index (χ2v) is 7.53. The van der Waals surface area contributed by atoms with E-state index in [-0.39, 0.29) is 5.92 Å². The Hall–Kier alpha value is -2.13. The largest absolute Gasteiger partial charge is 0.338 e. The predicted molar refractivity (Wildman–Crippen MR) is 106 cm³/mol. The van der Waals surface area contributed by atoms with Gasteiger partial charge in [0, 0.05) is 37.4 Å². The van der Waals surface area contributed by atoms with Gasteiger partial charge in [0.2, 0.25) is 5.91 Å². The molecule has 3 heteroatoms. The average molecular weight is 352 g/mol. The first-order chi connectivity index (χ1) is 12.7. The van der Waals surface area contributed by atoms with Crippen LogP contribution in [-0.2, 0) is 17.9 Å². The molecule has 26 heavy (non-hydrogen) atoms. The van der Waals surface area contributed by atoms with Gasteiger partial charge in [-0.2, -0.15) is 0 Å². The zero-order valence-electron chi connectivity index (χ0n) is 16.1. The molecule has 1 amide bonds. The summed E-state index contributed by atoms with van der Waals surface area (Å²) in [6, 6.07) is 19.1. The van der Waals surface area contributed by atoms with Gasteiger partial charge >= 0.3 is 0 Å². The molecule has 2 aromatic rings.